The highest BCUT2D eigenvalue weighted by molar-refractivity contribution is 4.95. The first-order valence-electron chi connectivity index (χ1n) is 4.95. The molecule has 0 radical (unpaired) electrons. The number of piperazine rings is 3. The van der Waals surface area contributed by atoms with Gasteiger partial charge in [-0.2, -0.15) is 0 Å². The summed E-state index contributed by atoms with van der Waals surface area (Å²) in [7, 11) is 0. The molecular weight excluding hydrogens is 152 g/mol. The Balaban J connectivity index is 2.10. The van der Waals surface area contributed by atoms with Crippen LogP contribution in [-0.2, 0) is 0 Å². The Labute approximate surface area is 74.0 Å². The molecule has 3 nitrogen and oxygen atoms in total. The van der Waals surface area contributed by atoms with Crippen LogP contribution in [0.5, 0.6) is 0 Å². The van der Waals surface area contributed by atoms with Crippen molar-refractivity contribution in [3.63, 3.8) is 0 Å². The highest BCUT2D eigenvalue weighted by Crippen LogP contribution is 2.23. The lowest BCUT2D eigenvalue weighted by molar-refractivity contribution is -0.0574. The van der Waals surface area contributed by atoms with Crippen molar-refractivity contribution in [1.29, 1.82) is 0 Å². The molecule has 0 aromatic heterocycles. The predicted octanol–water partition coefficient (Wildman–Crippen LogP) is -0.243. The average molecular weight is 170 g/mol. The van der Waals surface area contributed by atoms with E-state index in [-0.39, 0.29) is 0 Å². The third-order valence-electron chi connectivity index (χ3n) is 3.34. The van der Waals surface area contributed by atoms with Crippen molar-refractivity contribution in [2.24, 2.45) is 0 Å². The number of fused-ring (bicyclic) bond motifs is 3. The van der Waals surface area contributed by atoms with E-state index in [1.807, 2.05) is 0 Å². The second-order valence-corrected chi connectivity index (χ2v) is 3.80. The first-order valence-corrected chi connectivity index (χ1v) is 4.95. The molecule has 3 heteroatoms. The maximum Gasteiger partial charge on any atom is 0.0602 e. The molecule has 0 spiro atoms. The predicted molar refractivity (Wildman–Crippen MR) is 48.1 cm³/mol. The van der Waals surface area contributed by atoms with E-state index < -0.39 is 0 Å². The van der Waals surface area contributed by atoms with Crippen LogP contribution in [0.25, 0.3) is 0 Å². The quantitative estimate of drug-likeness (QED) is 0.619. The number of hydrogen-bond acceptors (Lipinski definition) is 3. The molecule has 3 saturated heterocycles. The summed E-state index contributed by atoms with van der Waals surface area (Å²) < 4.78 is 0. The Morgan fingerprint density at radius 3 is 1.92 bits per heavy atom. The Kier molecular flexibility index (Phi) is 2.35. The Hall–Kier alpha value is -0.120. The highest BCUT2D eigenvalue weighted by Gasteiger charge is 2.38. The zero-order valence-electron chi connectivity index (χ0n) is 7.74. The van der Waals surface area contributed by atoms with Gasteiger partial charge in [-0.25, -0.2) is 0 Å². The molecule has 3 aliphatic heterocycles. The van der Waals surface area contributed by atoms with Crippen molar-refractivity contribution in [2.75, 3.05) is 32.8 Å². The van der Waals surface area contributed by atoms with Crippen molar-refractivity contribution in [3.05, 3.63) is 0 Å². The van der Waals surface area contributed by atoms with Gasteiger partial charge >= 0.3 is 0 Å². The lowest BCUT2D eigenvalue weighted by Gasteiger charge is -2.52. The molecule has 0 aromatic rings. The van der Waals surface area contributed by atoms with Gasteiger partial charge in [-0.3, -0.25) is 9.80 Å². The summed E-state index contributed by atoms with van der Waals surface area (Å²) in [5, 5.41) is 9.25. The summed E-state index contributed by atoms with van der Waals surface area (Å²) in [5.74, 6) is 0. The van der Waals surface area contributed by atoms with E-state index in [0.29, 0.717) is 18.7 Å². The minimum atomic E-state index is 0.328. The molecule has 3 aliphatic rings. The number of rotatable bonds is 2. The zero-order chi connectivity index (χ0) is 8.55. The topological polar surface area (TPSA) is 26.7 Å². The van der Waals surface area contributed by atoms with Crippen LogP contribution in [0.1, 0.15) is 13.3 Å². The molecule has 3 heterocycles. The zero-order valence-corrected chi connectivity index (χ0v) is 7.74. The largest absolute Gasteiger partial charge is 0.395 e. The minimum Gasteiger partial charge on any atom is -0.395 e. The van der Waals surface area contributed by atoms with Gasteiger partial charge in [0.2, 0.25) is 0 Å². The molecule has 0 amide bonds. The maximum absolute atomic E-state index is 9.25. The third kappa shape index (κ3) is 1.16. The van der Waals surface area contributed by atoms with Gasteiger partial charge in [-0.15, -0.1) is 0 Å². The van der Waals surface area contributed by atoms with Gasteiger partial charge in [0.25, 0.3) is 0 Å². The summed E-state index contributed by atoms with van der Waals surface area (Å²) in [6.45, 7) is 7.26. The van der Waals surface area contributed by atoms with Gasteiger partial charge in [-0.05, 0) is 6.42 Å². The van der Waals surface area contributed by atoms with Crippen LogP contribution < -0.4 is 0 Å². The molecule has 0 aromatic carbocycles. The number of hydrogen-bond donors (Lipinski definition) is 1. The van der Waals surface area contributed by atoms with Crippen LogP contribution in [0.2, 0.25) is 0 Å². The van der Waals surface area contributed by atoms with Crippen LogP contribution in [0.3, 0.4) is 0 Å². The average Bonchev–Trinajstić information content (AvgIpc) is 2.18. The van der Waals surface area contributed by atoms with Gasteiger partial charge in [0, 0.05) is 38.3 Å². The van der Waals surface area contributed by atoms with E-state index in [1.165, 1.54) is 19.5 Å². The molecule has 0 saturated carbocycles. The Morgan fingerprint density at radius 1 is 1.08 bits per heavy atom. The van der Waals surface area contributed by atoms with Crippen molar-refractivity contribution in [2.45, 2.75) is 25.4 Å². The molecular formula is C9H18N2O. The lowest BCUT2D eigenvalue weighted by Crippen LogP contribution is -2.67. The second kappa shape index (κ2) is 3.32. The molecule has 70 valence electrons. The standard InChI is InChI=1S/C9H18N2O/c1-2-8-9(7-12)11-5-3-10(8)4-6-11/h8-9,12H,2-7H2,1H3. The maximum atomic E-state index is 9.25. The summed E-state index contributed by atoms with van der Waals surface area (Å²) in [6.07, 6.45) is 1.17. The number of aliphatic hydroxyl groups excluding tert-OH is 1. The van der Waals surface area contributed by atoms with Crippen LogP contribution in [0.15, 0.2) is 0 Å². The van der Waals surface area contributed by atoms with Crippen LogP contribution in [-0.4, -0.2) is 59.8 Å². The fourth-order valence-corrected chi connectivity index (χ4v) is 2.65. The third-order valence-corrected chi connectivity index (χ3v) is 3.34. The summed E-state index contributed by atoms with van der Waals surface area (Å²) >= 11 is 0. The summed E-state index contributed by atoms with van der Waals surface area (Å²) in [6, 6.07) is 1.02. The Bertz CT molecular complexity index is 137. The van der Waals surface area contributed by atoms with Gasteiger partial charge in [0.05, 0.1) is 6.61 Å². The van der Waals surface area contributed by atoms with Crippen molar-refractivity contribution < 1.29 is 5.11 Å². The monoisotopic (exact) mass is 170 g/mol. The molecule has 2 atom stereocenters. The van der Waals surface area contributed by atoms with Gasteiger partial charge in [0.1, 0.15) is 0 Å². The molecule has 12 heavy (non-hydrogen) atoms. The first kappa shape index (κ1) is 8.48. The van der Waals surface area contributed by atoms with Crippen molar-refractivity contribution in [3.8, 4) is 0 Å². The molecule has 1 N–H and O–H groups in total. The van der Waals surface area contributed by atoms with Gasteiger partial charge in [-0.1, -0.05) is 6.92 Å². The SMILES string of the molecule is CCC1C(CO)N2CCN1CC2. The lowest BCUT2D eigenvalue weighted by atomic mass is 9.96. The molecule has 3 fully saturated rings. The second-order valence-electron chi connectivity index (χ2n) is 3.80. The number of nitrogens with zero attached hydrogens (tertiary/aromatic N) is 2. The van der Waals surface area contributed by atoms with Crippen molar-refractivity contribution in [1.82, 2.24) is 9.80 Å². The fourth-order valence-electron chi connectivity index (χ4n) is 2.65. The fraction of sp³-hybridized carbons (Fsp3) is 1.00. The van der Waals surface area contributed by atoms with Crippen LogP contribution in [0.4, 0.5) is 0 Å². The smallest absolute Gasteiger partial charge is 0.0602 e. The van der Waals surface area contributed by atoms with Gasteiger partial charge < -0.3 is 5.11 Å². The molecule has 3 rings (SSSR count). The summed E-state index contributed by atoms with van der Waals surface area (Å²) in [5.41, 5.74) is 0. The van der Waals surface area contributed by atoms with Crippen molar-refractivity contribution >= 4 is 0 Å². The molecule has 2 unspecified atom stereocenters. The van der Waals surface area contributed by atoms with E-state index >= 15 is 0 Å². The van der Waals surface area contributed by atoms with Crippen LogP contribution in [0, 0.1) is 0 Å². The molecule has 0 aliphatic carbocycles. The minimum absolute atomic E-state index is 0.328. The van der Waals surface area contributed by atoms with E-state index in [4.69, 9.17) is 0 Å². The normalized spacial score (nSPS) is 46.5. The number of aliphatic hydroxyl groups is 1. The Morgan fingerprint density at radius 2 is 1.58 bits per heavy atom. The molecule has 2 bridgehead atoms. The first-order chi connectivity index (χ1) is 5.86. The highest BCUT2D eigenvalue weighted by atomic mass is 16.3. The summed E-state index contributed by atoms with van der Waals surface area (Å²) in [4.78, 5) is 4.97. The van der Waals surface area contributed by atoms with E-state index in [0.717, 1.165) is 13.1 Å². The van der Waals surface area contributed by atoms with Gasteiger partial charge in [0.15, 0.2) is 0 Å². The van der Waals surface area contributed by atoms with Crippen LogP contribution >= 0.6 is 0 Å². The van der Waals surface area contributed by atoms with E-state index in [2.05, 4.69) is 16.7 Å². The van der Waals surface area contributed by atoms with E-state index in [9.17, 15) is 5.11 Å². The van der Waals surface area contributed by atoms with E-state index in [1.54, 1.807) is 0 Å².